The van der Waals surface area contributed by atoms with E-state index in [1.54, 1.807) is 35.2 Å². The number of alkyl halides is 1. The van der Waals surface area contributed by atoms with Gasteiger partial charge in [0.25, 0.3) is 0 Å². The molecule has 32 heavy (non-hydrogen) atoms. The summed E-state index contributed by atoms with van der Waals surface area (Å²) in [5.41, 5.74) is 2.19. The van der Waals surface area contributed by atoms with Gasteiger partial charge in [-0.05, 0) is 17.7 Å². The minimum Gasteiger partial charge on any atom is -0.496 e. The molecule has 0 saturated heterocycles. The van der Waals surface area contributed by atoms with E-state index in [0.29, 0.717) is 50.3 Å². The number of nitrogens with one attached hydrogen (secondary N) is 1. The summed E-state index contributed by atoms with van der Waals surface area (Å²) < 4.78 is 20.8. The Morgan fingerprint density at radius 2 is 2.16 bits per heavy atom. The van der Waals surface area contributed by atoms with Gasteiger partial charge >= 0.3 is 5.97 Å². The Balaban J connectivity index is 2.02. The first-order chi connectivity index (χ1) is 15.5. The molecule has 1 aromatic heterocycles. The van der Waals surface area contributed by atoms with E-state index < -0.39 is 5.97 Å². The molecule has 0 atom stereocenters. The van der Waals surface area contributed by atoms with Crippen molar-refractivity contribution < 1.29 is 19.0 Å². The van der Waals surface area contributed by atoms with Gasteiger partial charge in [0.2, 0.25) is 0 Å². The van der Waals surface area contributed by atoms with Crippen molar-refractivity contribution in [2.75, 3.05) is 25.5 Å². The third-order valence-corrected chi connectivity index (χ3v) is 5.63. The third-order valence-electron chi connectivity index (χ3n) is 4.81. The first-order valence-corrected chi connectivity index (χ1v) is 11.2. The van der Waals surface area contributed by atoms with Gasteiger partial charge in [-0.25, -0.2) is 14.4 Å². The van der Waals surface area contributed by atoms with Gasteiger partial charge in [-0.2, -0.15) is 5.26 Å². The molecule has 0 bridgehead atoms. The quantitative estimate of drug-likeness (QED) is 0.285. The van der Waals surface area contributed by atoms with Crippen LogP contribution >= 0.6 is 22.6 Å². The Hall–Kier alpha value is -3.04. The van der Waals surface area contributed by atoms with Crippen LogP contribution in [-0.2, 0) is 15.8 Å². The number of aliphatic carboxylic acids is 1. The standard InChI is InChI=1S/C22H21FIN5O3/c1-32-19-9-18-16(8-15(19)11-29(7-3-6-25)12-20(30)31)22(27-13-26-18)28-17-5-2-4-14(10-24)21(17)23/h2,4-5,8-9,13H,3,7,10-12H2,1H3,(H,30,31)(H,26,27,28). The minimum absolute atomic E-state index is 0.200. The van der Waals surface area contributed by atoms with Crippen LogP contribution in [0.5, 0.6) is 5.75 Å². The molecular formula is C22H21FIN5O3. The van der Waals surface area contributed by atoms with Crippen LogP contribution < -0.4 is 10.1 Å². The van der Waals surface area contributed by atoms with E-state index in [1.807, 2.05) is 6.07 Å². The SMILES string of the molecule is COc1cc2ncnc(Nc3cccc(CI)c3F)c2cc1CN(CCC#N)CC(=O)O. The summed E-state index contributed by atoms with van der Waals surface area (Å²) in [7, 11) is 1.52. The summed E-state index contributed by atoms with van der Waals surface area (Å²) in [4.78, 5) is 21.5. The molecule has 0 radical (unpaired) electrons. The van der Waals surface area contributed by atoms with Crippen molar-refractivity contribution in [1.82, 2.24) is 14.9 Å². The molecule has 3 rings (SSSR count). The molecule has 0 aliphatic carbocycles. The number of nitrogens with zero attached hydrogens (tertiary/aromatic N) is 4. The van der Waals surface area contributed by atoms with Crippen LogP contribution in [0.15, 0.2) is 36.7 Å². The lowest BCUT2D eigenvalue weighted by atomic mass is 10.1. The number of halogens is 2. The van der Waals surface area contributed by atoms with Crippen LogP contribution in [-0.4, -0.2) is 46.1 Å². The number of nitriles is 1. The number of carboxylic acid groups (broad SMARTS) is 1. The summed E-state index contributed by atoms with van der Waals surface area (Å²) in [6.45, 7) is 0.336. The Kier molecular flexibility index (Phi) is 8.13. The first-order valence-electron chi connectivity index (χ1n) is 9.70. The maximum Gasteiger partial charge on any atom is 0.317 e. The molecular weight excluding hydrogens is 528 g/mol. The van der Waals surface area contributed by atoms with E-state index in [2.05, 4.69) is 37.9 Å². The van der Waals surface area contributed by atoms with E-state index in [-0.39, 0.29) is 25.3 Å². The smallest absolute Gasteiger partial charge is 0.317 e. The molecule has 8 nitrogen and oxygen atoms in total. The predicted octanol–water partition coefficient (Wildman–Crippen LogP) is 4.26. The van der Waals surface area contributed by atoms with Crippen LogP contribution in [0.3, 0.4) is 0 Å². The minimum atomic E-state index is -0.987. The predicted molar refractivity (Wildman–Crippen MR) is 127 cm³/mol. The fraction of sp³-hybridized carbons (Fsp3) is 0.273. The molecule has 0 amide bonds. The van der Waals surface area contributed by atoms with Gasteiger partial charge in [0.15, 0.2) is 5.82 Å². The monoisotopic (exact) mass is 549 g/mol. The van der Waals surface area contributed by atoms with E-state index >= 15 is 0 Å². The average Bonchev–Trinajstić information content (AvgIpc) is 2.78. The number of fused-ring (bicyclic) bond motifs is 1. The van der Waals surface area contributed by atoms with E-state index in [0.717, 1.165) is 0 Å². The highest BCUT2D eigenvalue weighted by Crippen LogP contribution is 2.31. The molecule has 2 aromatic carbocycles. The highest BCUT2D eigenvalue weighted by Gasteiger charge is 2.17. The van der Waals surface area contributed by atoms with E-state index in [9.17, 15) is 14.3 Å². The number of carbonyl (C=O) groups is 1. The lowest BCUT2D eigenvalue weighted by Crippen LogP contribution is -2.30. The van der Waals surface area contributed by atoms with Crippen molar-refractivity contribution in [2.24, 2.45) is 0 Å². The van der Waals surface area contributed by atoms with Crippen LogP contribution in [0.1, 0.15) is 17.5 Å². The number of carboxylic acids is 1. The van der Waals surface area contributed by atoms with Crippen LogP contribution in [0, 0.1) is 17.1 Å². The third kappa shape index (κ3) is 5.60. The molecule has 0 aliphatic heterocycles. The zero-order valence-corrected chi connectivity index (χ0v) is 19.5. The van der Waals surface area contributed by atoms with Crippen molar-refractivity contribution >= 4 is 51.0 Å². The number of hydrogen-bond donors (Lipinski definition) is 2. The highest BCUT2D eigenvalue weighted by atomic mass is 127. The van der Waals surface area contributed by atoms with Crippen molar-refractivity contribution in [3.05, 3.63) is 53.6 Å². The molecule has 0 unspecified atom stereocenters. The van der Waals surface area contributed by atoms with Crippen LogP contribution in [0.25, 0.3) is 10.9 Å². The number of methoxy groups -OCH3 is 1. The van der Waals surface area contributed by atoms with Gasteiger partial charge in [-0.1, -0.05) is 34.7 Å². The van der Waals surface area contributed by atoms with Gasteiger partial charge in [-0.3, -0.25) is 9.69 Å². The fourth-order valence-corrected chi connectivity index (χ4v) is 3.89. The van der Waals surface area contributed by atoms with E-state index in [4.69, 9.17) is 10.00 Å². The zero-order valence-electron chi connectivity index (χ0n) is 17.3. The molecule has 3 aromatic rings. The Labute approximate surface area is 198 Å². The first kappa shape index (κ1) is 23.6. The van der Waals surface area contributed by atoms with Crippen molar-refractivity contribution in [2.45, 2.75) is 17.4 Å². The summed E-state index contributed by atoms with van der Waals surface area (Å²) in [6, 6.07) is 10.7. The van der Waals surface area contributed by atoms with Gasteiger partial charge < -0.3 is 15.2 Å². The molecule has 0 saturated carbocycles. The molecule has 166 valence electrons. The summed E-state index contributed by atoms with van der Waals surface area (Å²) >= 11 is 2.11. The lowest BCUT2D eigenvalue weighted by Gasteiger charge is -2.21. The van der Waals surface area contributed by atoms with Gasteiger partial charge in [-0.15, -0.1) is 0 Å². The van der Waals surface area contributed by atoms with E-state index in [1.165, 1.54) is 13.4 Å². The number of benzene rings is 2. The normalized spacial score (nSPS) is 10.8. The van der Waals surface area contributed by atoms with Crippen molar-refractivity contribution in [3.8, 4) is 11.8 Å². The second-order valence-electron chi connectivity index (χ2n) is 6.95. The van der Waals surface area contributed by atoms with Crippen molar-refractivity contribution in [1.29, 1.82) is 5.26 Å². The summed E-state index contributed by atoms with van der Waals surface area (Å²) in [6.07, 6.45) is 1.58. The maximum atomic E-state index is 14.7. The lowest BCUT2D eigenvalue weighted by molar-refractivity contribution is -0.138. The number of anilines is 2. The number of hydrogen-bond acceptors (Lipinski definition) is 7. The molecule has 0 spiro atoms. The van der Waals surface area contributed by atoms with Gasteiger partial charge in [0.1, 0.15) is 17.9 Å². The van der Waals surface area contributed by atoms with Gasteiger partial charge in [0.05, 0.1) is 30.9 Å². The molecule has 1 heterocycles. The molecule has 10 heteroatoms. The number of rotatable bonds is 10. The Morgan fingerprint density at radius 3 is 2.84 bits per heavy atom. The largest absolute Gasteiger partial charge is 0.496 e. The topological polar surface area (TPSA) is 111 Å². The maximum absolute atomic E-state index is 14.7. The number of aromatic nitrogens is 2. The highest BCUT2D eigenvalue weighted by molar-refractivity contribution is 14.1. The second-order valence-corrected chi connectivity index (χ2v) is 7.72. The second kappa shape index (κ2) is 11.0. The van der Waals surface area contributed by atoms with Crippen molar-refractivity contribution in [3.63, 3.8) is 0 Å². The molecule has 2 N–H and O–H groups in total. The zero-order chi connectivity index (χ0) is 23.1. The fourth-order valence-electron chi connectivity index (χ4n) is 3.30. The Bertz CT molecular complexity index is 1170. The van der Waals surface area contributed by atoms with Crippen LogP contribution in [0.2, 0.25) is 0 Å². The number of ether oxygens (including phenoxy) is 1. The summed E-state index contributed by atoms with van der Waals surface area (Å²) in [5, 5.41) is 21.8. The molecule has 0 fully saturated rings. The Morgan fingerprint density at radius 1 is 1.34 bits per heavy atom. The summed E-state index contributed by atoms with van der Waals surface area (Å²) in [5.74, 6) is -0.372. The average molecular weight is 549 g/mol. The molecule has 0 aliphatic rings. The van der Waals surface area contributed by atoms with Gasteiger partial charge in [0, 0.05) is 41.0 Å². The van der Waals surface area contributed by atoms with Crippen LogP contribution in [0.4, 0.5) is 15.9 Å².